The van der Waals surface area contributed by atoms with E-state index in [0.717, 1.165) is 6.07 Å². The van der Waals surface area contributed by atoms with E-state index in [-0.39, 0.29) is 5.76 Å². The van der Waals surface area contributed by atoms with Crippen LogP contribution in [0.2, 0.25) is 0 Å². The molecule has 2 nitrogen and oxygen atoms in total. The minimum atomic E-state index is -4.50. The first kappa shape index (κ1) is 10.6. The summed E-state index contributed by atoms with van der Waals surface area (Å²) in [5.41, 5.74) is -1.04. The molecule has 0 spiro atoms. The van der Waals surface area contributed by atoms with E-state index in [2.05, 4.69) is 4.42 Å². The summed E-state index contributed by atoms with van der Waals surface area (Å²) in [4.78, 5) is 0. The molecule has 1 aromatic heterocycles. The van der Waals surface area contributed by atoms with Crippen molar-refractivity contribution < 1.29 is 17.6 Å². The first-order valence-electron chi connectivity index (χ1n) is 3.86. The molecule has 0 saturated carbocycles. The van der Waals surface area contributed by atoms with Crippen LogP contribution < -0.4 is 0 Å². The fourth-order valence-corrected chi connectivity index (χ4v) is 0.881. The normalized spacial score (nSPS) is 12.6. The number of nitrogens with zero attached hydrogens (tertiary/aromatic N) is 1. The Labute approximate surface area is 78.9 Å². The maximum Gasteiger partial charge on any atom is 0.449 e. The highest BCUT2D eigenvalue weighted by molar-refractivity contribution is 5.23. The minimum absolute atomic E-state index is 0.0207. The molecule has 1 rings (SSSR count). The molecule has 0 unspecified atom stereocenters. The Bertz CT molecular complexity index is 370. The lowest BCUT2D eigenvalue weighted by molar-refractivity contribution is -0.153. The van der Waals surface area contributed by atoms with Gasteiger partial charge in [0.05, 0.1) is 6.07 Å². The lowest BCUT2D eigenvalue weighted by atomic mass is 9.93. The van der Waals surface area contributed by atoms with Gasteiger partial charge < -0.3 is 4.42 Å². The number of hydrogen-bond donors (Lipinski definition) is 0. The average Bonchev–Trinajstić information content (AvgIpc) is 2.51. The minimum Gasteiger partial charge on any atom is -0.455 e. The van der Waals surface area contributed by atoms with Gasteiger partial charge in [-0.2, -0.15) is 18.4 Å². The fourth-order valence-electron chi connectivity index (χ4n) is 0.881. The summed E-state index contributed by atoms with van der Waals surface area (Å²) in [6, 6.07) is 3.86. The molecule has 0 aliphatic carbocycles. The van der Waals surface area contributed by atoms with Crippen LogP contribution in [0.3, 0.4) is 0 Å². The molecule has 14 heavy (non-hydrogen) atoms. The summed E-state index contributed by atoms with van der Waals surface area (Å²) in [5, 5.41) is 8.67. The van der Waals surface area contributed by atoms with Gasteiger partial charge in [-0.05, 0) is 26.0 Å². The topological polar surface area (TPSA) is 36.9 Å². The Kier molecular flexibility index (Phi) is 2.32. The third-order valence-electron chi connectivity index (χ3n) is 1.78. The Morgan fingerprint density at radius 3 is 2.07 bits per heavy atom. The Balaban J connectivity index is 3.08. The molecule has 5 heteroatoms. The van der Waals surface area contributed by atoms with Crippen LogP contribution in [0.5, 0.6) is 0 Å². The van der Waals surface area contributed by atoms with E-state index in [4.69, 9.17) is 5.26 Å². The van der Waals surface area contributed by atoms with Crippen molar-refractivity contribution in [1.29, 1.82) is 5.26 Å². The summed E-state index contributed by atoms with van der Waals surface area (Å²) < 4.78 is 40.9. The molecular formula is C9H8F3NO. The molecule has 0 aromatic carbocycles. The van der Waals surface area contributed by atoms with Crippen molar-refractivity contribution in [2.75, 3.05) is 0 Å². The molecule has 0 N–H and O–H groups in total. The Morgan fingerprint density at radius 1 is 1.21 bits per heavy atom. The molecule has 0 saturated heterocycles. The zero-order valence-electron chi connectivity index (χ0n) is 7.64. The maximum absolute atomic E-state index is 12.1. The number of nitriles is 1. The van der Waals surface area contributed by atoms with Gasteiger partial charge in [-0.15, -0.1) is 0 Å². The van der Waals surface area contributed by atoms with Crippen molar-refractivity contribution >= 4 is 0 Å². The average molecular weight is 203 g/mol. The summed E-state index contributed by atoms with van der Waals surface area (Å²) in [5.74, 6) is -1.05. The first-order chi connectivity index (χ1) is 6.27. The fraction of sp³-hybridized carbons (Fsp3) is 0.444. The van der Waals surface area contributed by atoms with E-state index in [1.54, 1.807) is 0 Å². The molecule has 0 atom stereocenters. The quantitative estimate of drug-likeness (QED) is 0.703. The first-order valence-corrected chi connectivity index (χ1v) is 3.86. The van der Waals surface area contributed by atoms with Crippen LogP contribution in [0, 0.1) is 11.3 Å². The van der Waals surface area contributed by atoms with Gasteiger partial charge in [-0.25, -0.2) is 0 Å². The van der Waals surface area contributed by atoms with Gasteiger partial charge in [0.15, 0.2) is 0 Å². The molecule has 0 fully saturated rings. The monoisotopic (exact) mass is 203 g/mol. The van der Waals surface area contributed by atoms with Crippen LogP contribution in [-0.4, -0.2) is 0 Å². The van der Waals surface area contributed by atoms with E-state index in [0.29, 0.717) is 0 Å². The highest BCUT2D eigenvalue weighted by Crippen LogP contribution is 2.33. The number of furan rings is 1. The lowest BCUT2D eigenvalue weighted by Gasteiger charge is -2.11. The predicted octanol–water partition coefficient (Wildman–Crippen LogP) is 3.10. The van der Waals surface area contributed by atoms with Crippen molar-refractivity contribution in [3.8, 4) is 6.07 Å². The van der Waals surface area contributed by atoms with Crippen molar-refractivity contribution in [3.05, 3.63) is 23.7 Å². The second-order valence-corrected chi connectivity index (χ2v) is 3.40. The lowest BCUT2D eigenvalue weighted by Crippen LogP contribution is -2.12. The van der Waals surface area contributed by atoms with Gasteiger partial charge in [0.2, 0.25) is 5.76 Å². The smallest absolute Gasteiger partial charge is 0.449 e. The molecular weight excluding hydrogens is 195 g/mol. The Hall–Kier alpha value is -1.44. The molecule has 0 amide bonds. The second kappa shape index (κ2) is 3.05. The summed E-state index contributed by atoms with van der Waals surface area (Å²) >= 11 is 0. The zero-order chi connectivity index (χ0) is 11.0. The third kappa shape index (κ3) is 1.90. The van der Waals surface area contributed by atoms with Crippen LogP contribution in [0.25, 0.3) is 0 Å². The van der Waals surface area contributed by atoms with E-state index in [1.165, 1.54) is 19.9 Å². The van der Waals surface area contributed by atoms with E-state index in [1.807, 2.05) is 6.07 Å². The largest absolute Gasteiger partial charge is 0.455 e. The van der Waals surface area contributed by atoms with Crippen molar-refractivity contribution in [3.63, 3.8) is 0 Å². The molecule has 1 heterocycles. The van der Waals surface area contributed by atoms with Gasteiger partial charge in [0.25, 0.3) is 0 Å². The van der Waals surface area contributed by atoms with Crippen LogP contribution in [0.1, 0.15) is 25.4 Å². The zero-order valence-corrected chi connectivity index (χ0v) is 7.64. The van der Waals surface area contributed by atoms with E-state index in [9.17, 15) is 13.2 Å². The highest BCUT2D eigenvalue weighted by atomic mass is 19.4. The van der Waals surface area contributed by atoms with E-state index < -0.39 is 17.4 Å². The second-order valence-electron chi connectivity index (χ2n) is 3.40. The van der Waals surface area contributed by atoms with Gasteiger partial charge in [0.1, 0.15) is 11.2 Å². The van der Waals surface area contributed by atoms with Gasteiger partial charge in [-0.3, -0.25) is 0 Å². The van der Waals surface area contributed by atoms with E-state index >= 15 is 0 Å². The van der Waals surface area contributed by atoms with Gasteiger partial charge in [0, 0.05) is 0 Å². The molecule has 0 aliphatic rings. The maximum atomic E-state index is 12.1. The molecule has 76 valence electrons. The van der Waals surface area contributed by atoms with Crippen molar-refractivity contribution in [1.82, 2.24) is 0 Å². The third-order valence-corrected chi connectivity index (χ3v) is 1.78. The summed E-state index contributed by atoms with van der Waals surface area (Å²) in [6.45, 7) is 2.98. The molecule has 1 aromatic rings. The molecule has 0 aliphatic heterocycles. The molecule has 0 bridgehead atoms. The number of halogens is 3. The van der Waals surface area contributed by atoms with Crippen molar-refractivity contribution in [2.45, 2.75) is 25.4 Å². The highest BCUT2D eigenvalue weighted by Gasteiger charge is 2.36. The SMILES string of the molecule is CC(C)(C#N)c1ccc(C(F)(F)F)o1. The predicted molar refractivity (Wildman–Crippen MR) is 42.3 cm³/mol. The summed E-state index contributed by atoms with van der Waals surface area (Å²) in [7, 11) is 0. The standard InChI is InChI=1S/C9H8F3NO/c1-8(2,5-13)6-3-4-7(14-6)9(10,11)12/h3-4H,1-2H3. The van der Waals surface area contributed by atoms with Crippen LogP contribution in [0.15, 0.2) is 16.5 Å². The van der Waals surface area contributed by atoms with Crippen molar-refractivity contribution in [2.24, 2.45) is 0 Å². The molecule has 0 radical (unpaired) electrons. The number of hydrogen-bond acceptors (Lipinski definition) is 2. The number of alkyl halides is 3. The van der Waals surface area contributed by atoms with Gasteiger partial charge in [-0.1, -0.05) is 0 Å². The number of rotatable bonds is 1. The van der Waals surface area contributed by atoms with Gasteiger partial charge >= 0.3 is 6.18 Å². The van der Waals surface area contributed by atoms with Crippen LogP contribution in [-0.2, 0) is 11.6 Å². The van der Waals surface area contributed by atoms with Crippen LogP contribution in [0.4, 0.5) is 13.2 Å². The Morgan fingerprint density at radius 2 is 1.71 bits per heavy atom. The van der Waals surface area contributed by atoms with Crippen LogP contribution >= 0.6 is 0 Å². The summed E-state index contributed by atoms with van der Waals surface area (Å²) in [6.07, 6.45) is -4.50.